The van der Waals surface area contributed by atoms with Crippen molar-refractivity contribution >= 4 is 28.2 Å². The first-order valence-electron chi connectivity index (χ1n) is 10.7. The van der Waals surface area contributed by atoms with E-state index in [4.69, 9.17) is 10.1 Å². The minimum Gasteiger partial charge on any atom is -0.309 e. The van der Waals surface area contributed by atoms with Gasteiger partial charge in [0.1, 0.15) is 5.69 Å². The summed E-state index contributed by atoms with van der Waals surface area (Å²) in [5.41, 5.74) is 7.01. The van der Waals surface area contributed by atoms with Crippen LogP contribution in [0.1, 0.15) is 5.69 Å². The fraction of sp³-hybridized carbons (Fsp3) is 0.192. The Morgan fingerprint density at radius 1 is 1.00 bits per heavy atom. The van der Waals surface area contributed by atoms with E-state index >= 15 is 0 Å². The molecule has 0 fully saturated rings. The summed E-state index contributed by atoms with van der Waals surface area (Å²) in [6.45, 7) is 3.06. The number of rotatable bonds is 6. The number of hydrogen-bond donors (Lipinski definition) is 0. The van der Waals surface area contributed by atoms with Crippen LogP contribution in [0.2, 0.25) is 0 Å². The van der Waals surface area contributed by atoms with Crippen LogP contribution in [0.4, 0.5) is 0 Å². The van der Waals surface area contributed by atoms with Crippen LogP contribution >= 0.6 is 11.8 Å². The zero-order chi connectivity index (χ0) is 22.1. The minimum absolute atomic E-state index is 0.879. The van der Waals surface area contributed by atoms with Gasteiger partial charge in [-0.25, -0.2) is 4.52 Å². The number of nitrogens with zero attached hydrogens (tertiary/aromatic N) is 5. The van der Waals surface area contributed by atoms with E-state index in [9.17, 15) is 0 Å². The largest absolute Gasteiger partial charge is 0.309 e. The van der Waals surface area contributed by atoms with Crippen LogP contribution in [-0.2, 0) is 0 Å². The Morgan fingerprint density at radius 3 is 2.75 bits per heavy atom. The summed E-state index contributed by atoms with van der Waals surface area (Å²) >= 11 is 1.86. The predicted octanol–water partition coefficient (Wildman–Crippen LogP) is 5.57. The Balaban J connectivity index is 1.67. The molecule has 5 nitrogen and oxygen atoms in total. The van der Waals surface area contributed by atoms with Crippen LogP contribution in [0.5, 0.6) is 0 Å². The highest BCUT2D eigenvalue weighted by Gasteiger charge is 2.19. The average molecular weight is 440 g/mol. The Labute approximate surface area is 192 Å². The second-order valence-electron chi connectivity index (χ2n) is 8.11. The third kappa shape index (κ3) is 3.99. The molecule has 0 saturated heterocycles. The van der Waals surface area contributed by atoms with Gasteiger partial charge in [-0.3, -0.25) is 9.97 Å². The average Bonchev–Trinajstić information content (AvgIpc) is 3.18. The Morgan fingerprint density at radius 2 is 1.91 bits per heavy atom. The maximum atomic E-state index is 4.91. The highest BCUT2D eigenvalue weighted by molar-refractivity contribution is 7.99. The van der Waals surface area contributed by atoms with Crippen LogP contribution in [0.15, 0.2) is 78.0 Å². The lowest BCUT2D eigenvalue weighted by Crippen LogP contribution is -2.14. The van der Waals surface area contributed by atoms with Gasteiger partial charge in [-0.05, 0) is 69.0 Å². The first-order chi connectivity index (χ1) is 15.6. The Bertz CT molecular complexity index is 1410. The van der Waals surface area contributed by atoms with Gasteiger partial charge in [-0.1, -0.05) is 18.2 Å². The third-order valence-corrected chi connectivity index (χ3v) is 6.44. The van der Waals surface area contributed by atoms with E-state index < -0.39 is 0 Å². The van der Waals surface area contributed by atoms with Gasteiger partial charge in [0.25, 0.3) is 0 Å². The fourth-order valence-electron chi connectivity index (χ4n) is 3.90. The van der Waals surface area contributed by atoms with Crippen molar-refractivity contribution in [2.45, 2.75) is 11.8 Å². The molecule has 0 amide bonds. The summed E-state index contributed by atoms with van der Waals surface area (Å²) in [5.74, 6) is 1.05. The summed E-state index contributed by atoms with van der Waals surface area (Å²) in [6.07, 6.45) is 3.88. The molecule has 160 valence electrons. The van der Waals surface area contributed by atoms with Crippen LogP contribution in [-0.4, -0.2) is 50.9 Å². The second-order valence-corrected chi connectivity index (χ2v) is 9.28. The van der Waals surface area contributed by atoms with Crippen molar-refractivity contribution in [3.63, 3.8) is 0 Å². The summed E-state index contributed by atoms with van der Waals surface area (Å²) in [7, 11) is 4.21. The summed E-state index contributed by atoms with van der Waals surface area (Å²) < 4.78 is 1.94. The summed E-state index contributed by atoms with van der Waals surface area (Å²) in [4.78, 5) is 12.9. The van der Waals surface area contributed by atoms with E-state index in [-0.39, 0.29) is 0 Å². The molecule has 1 aromatic carbocycles. The van der Waals surface area contributed by atoms with Crippen molar-refractivity contribution in [2.24, 2.45) is 0 Å². The second kappa shape index (κ2) is 8.73. The molecule has 6 heteroatoms. The van der Waals surface area contributed by atoms with E-state index in [0.717, 1.165) is 56.9 Å². The molecule has 5 rings (SSSR count). The topological polar surface area (TPSA) is 46.3 Å². The van der Waals surface area contributed by atoms with E-state index in [2.05, 4.69) is 60.4 Å². The van der Waals surface area contributed by atoms with Crippen molar-refractivity contribution in [1.82, 2.24) is 24.5 Å². The molecule has 0 unspecified atom stereocenters. The molecule has 0 N–H and O–H groups in total. The molecular weight excluding hydrogens is 414 g/mol. The van der Waals surface area contributed by atoms with E-state index in [1.54, 1.807) is 0 Å². The van der Waals surface area contributed by atoms with Gasteiger partial charge >= 0.3 is 0 Å². The van der Waals surface area contributed by atoms with Crippen molar-refractivity contribution < 1.29 is 0 Å². The molecule has 0 spiro atoms. The molecule has 4 heterocycles. The van der Waals surface area contributed by atoms with Gasteiger partial charge in [0, 0.05) is 46.2 Å². The molecule has 0 radical (unpaired) electrons. The lowest BCUT2D eigenvalue weighted by molar-refractivity contribution is 0.437. The third-order valence-electron chi connectivity index (χ3n) is 5.46. The SMILES string of the molecule is Cc1cccc(-c2nn3ccccc3c2-c2ccnc3cc(SCCN(C)C)ccc23)n1. The summed E-state index contributed by atoms with van der Waals surface area (Å²) in [6, 6.07) is 20.9. The summed E-state index contributed by atoms with van der Waals surface area (Å²) in [5, 5.41) is 6.03. The van der Waals surface area contributed by atoms with Gasteiger partial charge in [0.15, 0.2) is 0 Å². The minimum atomic E-state index is 0.879. The highest BCUT2D eigenvalue weighted by atomic mass is 32.2. The van der Waals surface area contributed by atoms with Gasteiger partial charge in [0.2, 0.25) is 0 Å². The van der Waals surface area contributed by atoms with Crippen LogP contribution in [0.25, 0.3) is 38.9 Å². The van der Waals surface area contributed by atoms with E-state index in [1.807, 2.05) is 59.9 Å². The number of aryl methyl sites for hydroxylation is 1. The number of fused-ring (bicyclic) bond motifs is 2. The molecule has 0 atom stereocenters. The number of thioether (sulfide) groups is 1. The van der Waals surface area contributed by atoms with Crippen LogP contribution in [0, 0.1) is 6.92 Å². The molecule has 5 aromatic rings. The van der Waals surface area contributed by atoms with Crippen LogP contribution < -0.4 is 0 Å². The van der Waals surface area contributed by atoms with Crippen molar-refractivity contribution in [3.8, 4) is 22.5 Å². The van der Waals surface area contributed by atoms with Crippen LogP contribution in [0.3, 0.4) is 0 Å². The molecule has 0 aliphatic heterocycles. The van der Waals surface area contributed by atoms with E-state index in [1.165, 1.54) is 4.90 Å². The molecule has 32 heavy (non-hydrogen) atoms. The Hall–Kier alpha value is -3.22. The fourth-order valence-corrected chi connectivity index (χ4v) is 4.95. The highest BCUT2D eigenvalue weighted by Crippen LogP contribution is 2.38. The normalized spacial score (nSPS) is 11.6. The number of hydrogen-bond acceptors (Lipinski definition) is 5. The zero-order valence-electron chi connectivity index (χ0n) is 18.5. The quantitative estimate of drug-likeness (QED) is 0.324. The van der Waals surface area contributed by atoms with E-state index in [0.29, 0.717) is 0 Å². The lowest BCUT2D eigenvalue weighted by atomic mass is 9.98. The molecule has 0 aliphatic rings. The van der Waals surface area contributed by atoms with Gasteiger partial charge < -0.3 is 4.90 Å². The smallest absolute Gasteiger partial charge is 0.120 e. The lowest BCUT2D eigenvalue weighted by Gasteiger charge is -2.11. The maximum Gasteiger partial charge on any atom is 0.120 e. The zero-order valence-corrected chi connectivity index (χ0v) is 19.3. The first kappa shape index (κ1) is 20.7. The maximum absolute atomic E-state index is 4.91. The van der Waals surface area contributed by atoms with Crippen molar-refractivity contribution in [2.75, 3.05) is 26.4 Å². The molecule has 0 bridgehead atoms. The first-order valence-corrected chi connectivity index (χ1v) is 11.7. The van der Waals surface area contributed by atoms with Gasteiger partial charge in [-0.15, -0.1) is 11.8 Å². The molecule has 4 aromatic heterocycles. The van der Waals surface area contributed by atoms with Crippen molar-refractivity contribution in [3.05, 3.63) is 78.8 Å². The number of benzene rings is 1. The molecule has 0 saturated carbocycles. The monoisotopic (exact) mass is 439 g/mol. The number of pyridine rings is 3. The molecule has 0 aliphatic carbocycles. The van der Waals surface area contributed by atoms with Gasteiger partial charge in [0.05, 0.1) is 16.7 Å². The predicted molar refractivity (Wildman–Crippen MR) is 133 cm³/mol. The standard InChI is InChI=1S/C26H25N5S/c1-18-7-6-8-22(28-18)26-25(24-9-4-5-14-31(24)29-26)21-12-13-27-23-17-19(10-11-20(21)23)32-16-15-30(2)3/h4-14,17H,15-16H2,1-3H3. The van der Waals surface area contributed by atoms with Gasteiger partial charge in [-0.2, -0.15) is 5.10 Å². The van der Waals surface area contributed by atoms with Crippen molar-refractivity contribution in [1.29, 1.82) is 0 Å². The Kier molecular flexibility index (Phi) is 5.64. The molecular formula is C26H25N5S. The number of aromatic nitrogens is 4.